The molecule has 5 heteroatoms. The molecular formula is C13H20BrNO2S. The first-order valence-corrected chi connectivity index (χ1v) is 7.71. The largest absolute Gasteiger partial charge is 0.598 e. The molecule has 0 unspecified atom stereocenters. The molecule has 1 aromatic rings. The topological polar surface area (TPSA) is 44.3 Å². The summed E-state index contributed by atoms with van der Waals surface area (Å²) in [5.74, 6) is 0.787. The highest BCUT2D eigenvalue weighted by Crippen LogP contribution is 2.26. The molecule has 0 saturated heterocycles. The monoisotopic (exact) mass is 333 g/mol. The van der Waals surface area contributed by atoms with Crippen LogP contribution in [0.5, 0.6) is 5.75 Å². The predicted octanol–water partition coefficient (Wildman–Crippen LogP) is 3.57. The van der Waals surface area contributed by atoms with E-state index in [1.54, 1.807) is 7.11 Å². The summed E-state index contributed by atoms with van der Waals surface area (Å²) in [6.07, 6.45) is 0. The van der Waals surface area contributed by atoms with Gasteiger partial charge in [-0.05, 0) is 51.5 Å². The molecule has 2 atom stereocenters. The fraction of sp³-hybridized carbons (Fsp3) is 0.538. The Kier molecular flexibility index (Phi) is 5.52. The van der Waals surface area contributed by atoms with Crippen molar-refractivity contribution >= 4 is 27.3 Å². The highest BCUT2D eigenvalue weighted by atomic mass is 79.9. The lowest BCUT2D eigenvalue weighted by atomic mass is 10.1. The molecule has 0 aliphatic rings. The lowest BCUT2D eigenvalue weighted by Gasteiger charge is -2.26. The maximum absolute atomic E-state index is 12.0. The molecule has 1 rings (SSSR count). The van der Waals surface area contributed by atoms with Gasteiger partial charge in [-0.1, -0.05) is 15.9 Å². The maximum atomic E-state index is 12.0. The molecule has 0 aromatic heterocycles. The van der Waals surface area contributed by atoms with Crippen LogP contribution in [-0.2, 0) is 11.4 Å². The molecule has 102 valence electrons. The smallest absolute Gasteiger partial charge is 0.136 e. The molecule has 18 heavy (non-hydrogen) atoms. The first-order valence-electron chi connectivity index (χ1n) is 5.76. The molecule has 3 nitrogen and oxygen atoms in total. The third kappa shape index (κ3) is 4.46. The van der Waals surface area contributed by atoms with Crippen LogP contribution in [0.4, 0.5) is 0 Å². The van der Waals surface area contributed by atoms with Gasteiger partial charge in [0.15, 0.2) is 0 Å². The lowest BCUT2D eigenvalue weighted by molar-refractivity contribution is 0.413. The number of rotatable bonds is 4. The van der Waals surface area contributed by atoms with E-state index in [0.29, 0.717) is 0 Å². The second-order valence-electron chi connectivity index (χ2n) is 5.15. The summed E-state index contributed by atoms with van der Waals surface area (Å²) in [7, 11) is 1.64. The molecule has 1 aromatic carbocycles. The average molecular weight is 334 g/mol. The Morgan fingerprint density at radius 3 is 2.44 bits per heavy atom. The molecule has 0 aliphatic carbocycles. The summed E-state index contributed by atoms with van der Waals surface area (Å²) in [4.78, 5) is 0. The van der Waals surface area contributed by atoms with Crippen molar-refractivity contribution in [1.82, 2.24) is 4.72 Å². The van der Waals surface area contributed by atoms with Crippen LogP contribution in [0.1, 0.15) is 39.3 Å². The first kappa shape index (κ1) is 15.8. The molecule has 0 bridgehead atoms. The Morgan fingerprint density at radius 1 is 1.33 bits per heavy atom. The van der Waals surface area contributed by atoms with Crippen molar-refractivity contribution in [2.75, 3.05) is 7.11 Å². The van der Waals surface area contributed by atoms with E-state index in [1.165, 1.54) is 0 Å². The number of methoxy groups -OCH3 is 1. The van der Waals surface area contributed by atoms with Gasteiger partial charge in [0.2, 0.25) is 0 Å². The number of benzene rings is 1. The quantitative estimate of drug-likeness (QED) is 0.856. The fourth-order valence-corrected chi connectivity index (χ4v) is 2.66. The summed E-state index contributed by atoms with van der Waals surface area (Å²) in [5.41, 5.74) is 1.04. The van der Waals surface area contributed by atoms with Gasteiger partial charge in [-0.15, -0.1) is 4.72 Å². The Balaban J connectivity index is 2.84. The molecule has 0 radical (unpaired) electrons. The normalized spacial score (nSPS) is 15.3. The van der Waals surface area contributed by atoms with Gasteiger partial charge >= 0.3 is 0 Å². The van der Waals surface area contributed by atoms with Crippen molar-refractivity contribution in [3.05, 3.63) is 28.2 Å². The lowest BCUT2D eigenvalue weighted by Crippen LogP contribution is -2.40. The van der Waals surface area contributed by atoms with Gasteiger partial charge in [0.05, 0.1) is 13.2 Å². The second kappa shape index (κ2) is 6.28. The van der Waals surface area contributed by atoms with Crippen LogP contribution in [0.25, 0.3) is 0 Å². The van der Waals surface area contributed by atoms with Crippen molar-refractivity contribution in [2.24, 2.45) is 0 Å². The number of ether oxygens (including phenoxy) is 1. The molecule has 0 fully saturated rings. The number of hydrogen-bond acceptors (Lipinski definition) is 3. The van der Waals surface area contributed by atoms with Crippen LogP contribution in [0.3, 0.4) is 0 Å². The van der Waals surface area contributed by atoms with E-state index in [2.05, 4.69) is 20.7 Å². The number of hydrogen-bond donors (Lipinski definition) is 1. The number of halogens is 1. The van der Waals surface area contributed by atoms with Crippen molar-refractivity contribution in [2.45, 2.75) is 38.5 Å². The van der Waals surface area contributed by atoms with Gasteiger partial charge in [0.1, 0.15) is 10.5 Å². The zero-order valence-electron chi connectivity index (χ0n) is 11.4. The van der Waals surface area contributed by atoms with Gasteiger partial charge < -0.3 is 9.29 Å². The van der Waals surface area contributed by atoms with E-state index < -0.39 is 11.4 Å². The third-order valence-electron chi connectivity index (χ3n) is 2.47. The van der Waals surface area contributed by atoms with Crippen molar-refractivity contribution in [3.8, 4) is 5.75 Å². The molecule has 0 aliphatic heterocycles. The van der Waals surface area contributed by atoms with Gasteiger partial charge in [-0.3, -0.25) is 0 Å². The van der Waals surface area contributed by atoms with E-state index in [0.717, 1.165) is 15.8 Å². The van der Waals surface area contributed by atoms with E-state index in [1.807, 2.05) is 45.9 Å². The second-order valence-corrected chi connectivity index (χ2v) is 8.06. The number of nitrogens with one attached hydrogen (secondary N) is 1. The molecule has 0 amide bonds. The van der Waals surface area contributed by atoms with Crippen LogP contribution in [0.2, 0.25) is 0 Å². The molecular weight excluding hydrogens is 314 g/mol. The third-order valence-corrected chi connectivity index (χ3v) is 4.61. The summed E-state index contributed by atoms with van der Waals surface area (Å²) >= 11 is 2.35. The molecule has 0 heterocycles. The molecule has 0 saturated carbocycles. The van der Waals surface area contributed by atoms with E-state index in [4.69, 9.17) is 4.74 Å². The van der Waals surface area contributed by atoms with Crippen molar-refractivity contribution in [1.29, 1.82) is 0 Å². The minimum atomic E-state index is -1.09. The minimum Gasteiger partial charge on any atom is -0.598 e. The summed E-state index contributed by atoms with van der Waals surface area (Å²) in [6.45, 7) is 7.84. The Labute approximate surface area is 121 Å². The SMILES string of the molecule is COc1cc(Br)cc([C@@H](C)N[S@@+]([O-])C(C)(C)C)c1. The molecule has 0 spiro atoms. The first-order chi connectivity index (χ1) is 8.24. The summed E-state index contributed by atoms with van der Waals surface area (Å²) in [6, 6.07) is 5.84. The van der Waals surface area contributed by atoms with E-state index in [-0.39, 0.29) is 10.8 Å². The highest BCUT2D eigenvalue weighted by molar-refractivity contribution is 9.10. The fourth-order valence-electron chi connectivity index (χ4n) is 1.36. The predicted molar refractivity (Wildman–Crippen MR) is 80.1 cm³/mol. The summed E-state index contributed by atoms with van der Waals surface area (Å²) < 4.78 is 21.1. The summed E-state index contributed by atoms with van der Waals surface area (Å²) in [5, 5.41) is 0. The Morgan fingerprint density at radius 2 is 1.94 bits per heavy atom. The van der Waals surface area contributed by atoms with Crippen molar-refractivity contribution < 1.29 is 9.29 Å². The zero-order chi connectivity index (χ0) is 13.9. The molecule has 1 N–H and O–H groups in total. The van der Waals surface area contributed by atoms with Crippen LogP contribution in [0.15, 0.2) is 22.7 Å². The minimum absolute atomic E-state index is 0.00328. The van der Waals surface area contributed by atoms with Crippen molar-refractivity contribution in [3.63, 3.8) is 0 Å². The maximum Gasteiger partial charge on any atom is 0.136 e. The van der Waals surface area contributed by atoms with Crippen LogP contribution >= 0.6 is 15.9 Å². The van der Waals surface area contributed by atoms with E-state index in [9.17, 15) is 4.55 Å². The standard InChI is InChI=1S/C13H20BrNO2S/c1-9(15-18(16)13(2,3)4)10-6-11(14)8-12(7-10)17-5/h6-9,15H,1-5H3/t9-,18+/m1/s1. The highest BCUT2D eigenvalue weighted by Gasteiger charge is 2.28. The van der Waals surface area contributed by atoms with Gasteiger partial charge in [-0.2, -0.15) is 0 Å². The zero-order valence-corrected chi connectivity index (χ0v) is 13.8. The van der Waals surface area contributed by atoms with Crippen LogP contribution in [-0.4, -0.2) is 16.4 Å². The van der Waals surface area contributed by atoms with Crippen LogP contribution < -0.4 is 9.46 Å². The Hall–Kier alpha value is -0.230. The van der Waals surface area contributed by atoms with Gasteiger partial charge in [0.25, 0.3) is 0 Å². The van der Waals surface area contributed by atoms with Crippen LogP contribution in [0, 0.1) is 0 Å². The van der Waals surface area contributed by atoms with Gasteiger partial charge in [0, 0.05) is 15.8 Å². The van der Waals surface area contributed by atoms with Gasteiger partial charge in [-0.25, -0.2) is 0 Å². The van der Waals surface area contributed by atoms with E-state index >= 15 is 0 Å². The Bertz CT molecular complexity index is 406. The average Bonchev–Trinajstić information content (AvgIpc) is 2.26.